The summed E-state index contributed by atoms with van der Waals surface area (Å²) in [5, 5.41) is 23.4. The SMILES string of the molecule is CCCCCOC1(OCCCCC)COP(=O)(O)OOOOOOOO1. The van der Waals surface area contributed by atoms with Crippen LogP contribution in [0.5, 0.6) is 0 Å². The molecule has 1 fully saturated rings. The second-order valence-corrected chi connectivity index (χ2v) is 6.45. The summed E-state index contributed by atoms with van der Waals surface area (Å²) in [5.74, 6) is -2.04. The zero-order chi connectivity index (χ0) is 19.1. The molecule has 0 radical (unpaired) electrons. The summed E-state index contributed by atoms with van der Waals surface area (Å²) in [6.45, 7) is 3.67. The minimum absolute atomic E-state index is 0.182. The molecule has 0 aliphatic carbocycles. The van der Waals surface area contributed by atoms with Crippen molar-refractivity contribution in [3.8, 4) is 0 Å². The lowest BCUT2D eigenvalue weighted by Crippen LogP contribution is -2.44. The van der Waals surface area contributed by atoms with Crippen LogP contribution in [0.4, 0.5) is 0 Å². The number of phosphoric acid groups is 1. The van der Waals surface area contributed by atoms with Gasteiger partial charge in [-0.25, -0.2) is 4.57 Å². The standard InChI is InChI=1S/C12H25O13P/c1-3-5-7-9-15-12(16-10-8-6-4-2)11-17-26(13,14)25-24-23-22-21-20-19-18-12/h3-11H2,1-2H3,(H,13,14). The van der Waals surface area contributed by atoms with Crippen LogP contribution in [-0.4, -0.2) is 30.7 Å². The molecule has 14 heteroatoms. The third-order valence-corrected chi connectivity index (χ3v) is 3.67. The third-order valence-electron chi connectivity index (χ3n) is 2.97. The molecule has 1 heterocycles. The van der Waals surface area contributed by atoms with Crippen LogP contribution in [0.1, 0.15) is 52.4 Å². The van der Waals surface area contributed by atoms with E-state index in [9.17, 15) is 9.46 Å². The number of hydrogen-bond acceptors (Lipinski definition) is 12. The van der Waals surface area contributed by atoms with E-state index in [0.717, 1.165) is 25.7 Å². The van der Waals surface area contributed by atoms with Gasteiger partial charge in [-0.05, 0) is 43.1 Å². The van der Waals surface area contributed by atoms with E-state index >= 15 is 0 Å². The monoisotopic (exact) mass is 408 g/mol. The Morgan fingerprint density at radius 2 is 1.42 bits per heavy atom. The quantitative estimate of drug-likeness (QED) is 0.245. The minimum Gasteiger partial charge on any atom is -0.324 e. The van der Waals surface area contributed by atoms with Crippen LogP contribution >= 0.6 is 7.82 Å². The van der Waals surface area contributed by atoms with E-state index in [1.54, 1.807) is 0 Å². The van der Waals surface area contributed by atoms with Gasteiger partial charge in [0.05, 0.1) is 13.2 Å². The Bertz CT molecular complexity index is 378. The number of ether oxygens (including phenoxy) is 2. The highest BCUT2D eigenvalue weighted by atomic mass is 31.2. The molecule has 1 atom stereocenters. The van der Waals surface area contributed by atoms with Gasteiger partial charge in [-0.15, -0.1) is 4.89 Å². The van der Waals surface area contributed by atoms with Gasteiger partial charge in [-0.3, -0.25) is 4.52 Å². The van der Waals surface area contributed by atoms with E-state index in [0.29, 0.717) is 12.8 Å². The first-order valence-electron chi connectivity index (χ1n) is 8.16. The molecule has 26 heavy (non-hydrogen) atoms. The van der Waals surface area contributed by atoms with Crippen LogP contribution in [0.3, 0.4) is 0 Å². The van der Waals surface area contributed by atoms with Crippen molar-refractivity contribution in [2.45, 2.75) is 58.3 Å². The van der Waals surface area contributed by atoms with Gasteiger partial charge in [0.2, 0.25) is 0 Å². The lowest BCUT2D eigenvalue weighted by Gasteiger charge is -2.30. The Morgan fingerprint density at radius 3 is 2.00 bits per heavy atom. The number of hydrogen-bond donors (Lipinski definition) is 1. The van der Waals surface area contributed by atoms with Gasteiger partial charge in [-0.1, -0.05) is 44.2 Å². The average Bonchev–Trinajstić information content (AvgIpc) is 2.62. The maximum Gasteiger partial charge on any atom is 0.502 e. The molecule has 0 bridgehead atoms. The second-order valence-electron chi connectivity index (χ2n) is 5.10. The maximum absolute atomic E-state index is 11.7. The molecule has 0 spiro atoms. The largest absolute Gasteiger partial charge is 0.502 e. The van der Waals surface area contributed by atoms with Crippen LogP contribution in [0.15, 0.2) is 0 Å². The first kappa shape index (κ1) is 23.8. The van der Waals surface area contributed by atoms with Crippen LogP contribution in [0.25, 0.3) is 0 Å². The zero-order valence-electron chi connectivity index (χ0n) is 14.7. The minimum atomic E-state index is -4.73. The van der Waals surface area contributed by atoms with E-state index in [-0.39, 0.29) is 13.2 Å². The summed E-state index contributed by atoms with van der Waals surface area (Å²) in [7, 11) is -4.73. The van der Waals surface area contributed by atoms with Crippen LogP contribution < -0.4 is 0 Å². The predicted octanol–water partition coefficient (Wildman–Crippen LogP) is 2.72. The predicted molar refractivity (Wildman–Crippen MR) is 78.1 cm³/mol. The van der Waals surface area contributed by atoms with Gasteiger partial charge in [0.15, 0.2) is 0 Å². The van der Waals surface area contributed by atoms with Crippen molar-refractivity contribution in [1.29, 1.82) is 0 Å². The van der Waals surface area contributed by atoms with Crippen LogP contribution in [-0.2, 0) is 58.4 Å². The second kappa shape index (κ2) is 13.8. The molecule has 1 aliphatic rings. The van der Waals surface area contributed by atoms with E-state index in [2.05, 4.69) is 34.9 Å². The van der Waals surface area contributed by atoms with Gasteiger partial charge in [0.1, 0.15) is 6.61 Å². The first-order valence-corrected chi connectivity index (χ1v) is 9.66. The fourth-order valence-electron chi connectivity index (χ4n) is 1.70. The summed E-state index contributed by atoms with van der Waals surface area (Å²) in [6, 6.07) is 0. The van der Waals surface area contributed by atoms with Crippen molar-refractivity contribution in [1.82, 2.24) is 0 Å². The Kier molecular flexibility index (Phi) is 12.7. The molecule has 1 aliphatic heterocycles. The Balaban J connectivity index is 2.75. The van der Waals surface area contributed by atoms with E-state index in [1.807, 2.05) is 13.8 Å². The fourth-order valence-corrected chi connectivity index (χ4v) is 2.17. The topological polar surface area (TPSA) is 139 Å². The van der Waals surface area contributed by atoms with Crippen molar-refractivity contribution >= 4 is 7.82 Å². The summed E-state index contributed by atoms with van der Waals surface area (Å²) >= 11 is 0. The van der Waals surface area contributed by atoms with Gasteiger partial charge in [-0.2, -0.15) is 0 Å². The van der Waals surface area contributed by atoms with Gasteiger partial charge in [0, 0.05) is 0 Å². The smallest absolute Gasteiger partial charge is 0.324 e. The number of rotatable bonds is 10. The van der Waals surface area contributed by atoms with E-state index < -0.39 is 20.4 Å². The Labute approximate surface area is 150 Å². The van der Waals surface area contributed by atoms with E-state index in [4.69, 9.17) is 18.9 Å². The molecule has 1 saturated heterocycles. The maximum atomic E-state index is 11.7. The van der Waals surface area contributed by atoms with Crippen molar-refractivity contribution < 1.29 is 63.2 Å². The molecule has 1 N–H and O–H groups in total. The molecule has 156 valence electrons. The molecule has 0 saturated carbocycles. The zero-order valence-corrected chi connectivity index (χ0v) is 15.6. The molecule has 0 aromatic heterocycles. The molecule has 0 amide bonds. The van der Waals surface area contributed by atoms with Gasteiger partial charge >= 0.3 is 13.8 Å². The third kappa shape index (κ3) is 10.8. The normalized spacial score (nSPS) is 25.3. The lowest BCUT2D eigenvalue weighted by molar-refractivity contribution is -0.820. The van der Waals surface area contributed by atoms with Crippen LogP contribution in [0.2, 0.25) is 0 Å². The summed E-state index contributed by atoms with van der Waals surface area (Å²) in [5.41, 5.74) is 0. The van der Waals surface area contributed by atoms with Crippen molar-refractivity contribution in [3.63, 3.8) is 0 Å². The fraction of sp³-hybridized carbons (Fsp3) is 1.00. The molecule has 13 nitrogen and oxygen atoms in total. The van der Waals surface area contributed by atoms with E-state index in [1.165, 1.54) is 0 Å². The highest BCUT2D eigenvalue weighted by Crippen LogP contribution is 2.44. The summed E-state index contributed by atoms with van der Waals surface area (Å²) in [6.07, 6.45) is 5.01. The molecule has 0 aromatic rings. The summed E-state index contributed by atoms with van der Waals surface area (Å²) in [4.78, 5) is 14.4. The van der Waals surface area contributed by atoms with Crippen molar-refractivity contribution in [2.75, 3.05) is 19.8 Å². The highest BCUT2D eigenvalue weighted by Gasteiger charge is 2.41. The average molecular weight is 408 g/mol. The van der Waals surface area contributed by atoms with Gasteiger partial charge in [0.25, 0.3) is 0 Å². The van der Waals surface area contributed by atoms with Gasteiger partial charge < -0.3 is 14.4 Å². The van der Waals surface area contributed by atoms with Crippen molar-refractivity contribution in [3.05, 3.63) is 0 Å². The highest BCUT2D eigenvalue weighted by molar-refractivity contribution is 7.47. The number of phosphoric ester groups is 1. The molecule has 1 unspecified atom stereocenters. The Hall–Kier alpha value is -0.250. The molecule has 1 rings (SSSR count). The van der Waals surface area contributed by atoms with Crippen molar-refractivity contribution in [2.24, 2.45) is 0 Å². The molecule has 0 aromatic carbocycles. The molecular weight excluding hydrogens is 383 g/mol. The first-order chi connectivity index (χ1) is 12.5. The lowest BCUT2D eigenvalue weighted by atomic mass is 10.3. The van der Waals surface area contributed by atoms with Crippen LogP contribution in [0, 0.1) is 0 Å². The Morgan fingerprint density at radius 1 is 0.885 bits per heavy atom. The summed E-state index contributed by atoms with van der Waals surface area (Å²) < 4.78 is 31.4. The number of unbranched alkanes of at least 4 members (excludes halogenated alkanes) is 4. The molecular formula is C12H25O13P.